The Morgan fingerprint density at radius 1 is 1.25 bits per heavy atom. The van der Waals surface area contributed by atoms with Crippen molar-refractivity contribution in [3.8, 4) is 5.82 Å². The zero-order chi connectivity index (χ0) is 13.9. The SMILES string of the molecule is Nc1nc(Nc2cncc(Br)c2)nn1-c1ccccn1. The van der Waals surface area contributed by atoms with Crippen molar-refractivity contribution in [2.75, 3.05) is 11.1 Å². The Balaban J connectivity index is 1.90. The van der Waals surface area contributed by atoms with Gasteiger partial charge in [0.15, 0.2) is 5.82 Å². The first-order valence-corrected chi connectivity index (χ1v) is 6.53. The summed E-state index contributed by atoms with van der Waals surface area (Å²) in [5.41, 5.74) is 6.60. The topological polar surface area (TPSA) is 94.5 Å². The fourth-order valence-corrected chi connectivity index (χ4v) is 2.00. The van der Waals surface area contributed by atoms with Gasteiger partial charge < -0.3 is 11.1 Å². The second kappa shape index (κ2) is 5.25. The average molecular weight is 332 g/mol. The molecule has 0 aromatic carbocycles. The molecule has 0 radical (unpaired) electrons. The number of nitrogens with one attached hydrogen (secondary N) is 1. The highest BCUT2D eigenvalue weighted by molar-refractivity contribution is 9.10. The molecule has 3 aromatic rings. The van der Waals surface area contributed by atoms with Crippen LogP contribution in [0.15, 0.2) is 47.3 Å². The van der Waals surface area contributed by atoms with E-state index in [1.807, 2.05) is 18.2 Å². The Hall–Kier alpha value is -2.48. The molecule has 0 fully saturated rings. The van der Waals surface area contributed by atoms with Crippen molar-refractivity contribution in [3.63, 3.8) is 0 Å². The van der Waals surface area contributed by atoms with Gasteiger partial charge in [-0.25, -0.2) is 4.98 Å². The number of pyridine rings is 2. The Kier molecular flexibility index (Phi) is 3.30. The minimum atomic E-state index is 0.258. The van der Waals surface area contributed by atoms with Gasteiger partial charge in [0, 0.05) is 16.9 Å². The maximum absolute atomic E-state index is 5.84. The predicted molar refractivity (Wildman–Crippen MR) is 78.8 cm³/mol. The highest BCUT2D eigenvalue weighted by Gasteiger charge is 2.09. The van der Waals surface area contributed by atoms with Crippen LogP contribution in [-0.2, 0) is 0 Å². The van der Waals surface area contributed by atoms with E-state index in [-0.39, 0.29) is 5.95 Å². The summed E-state index contributed by atoms with van der Waals surface area (Å²) in [5, 5.41) is 7.30. The predicted octanol–water partition coefficient (Wildman–Crippen LogP) is 2.15. The number of hydrogen-bond acceptors (Lipinski definition) is 6. The monoisotopic (exact) mass is 331 g/mol. The molecule has 3 heterocycles. The van der Waals surface area contributed by atoms with Crippen molar-refractivity contribution in [2.24, 2.45) is 0 Å². The molecule has 0 amide bonds. The molecule has 0 aliphatic carbocycles. The summed E-state index contributed by atoms with van der Waals surface area (Å²) >= 11 is 3.35. The van der Waals surface area contributed by atoms with E-state index in [1.54, 1.807) is 24.7 Å². The zero-order valence-electron chi connectivity index (χ0n) is 10.2. The van der Waals surface area contributed by atoms with E-state index >= 15 is 0 Å². The number of nitrogens with two attached hydrogens (primary N) is 1. The molecule has 7 nitrogen and oxygen atoms in total. The van der Waals surface area contributed by atoms with Gasteiger partial charge in [-0.05, 0) is 34.1 Å². The molecule has 8 heteroatoms. The Morgan fingerprint density at radius 2 is 2.15 bits per heavy atom. The summed E-state index contributed by atoms with van der Waals surface area (Å²) in [6, 6.07) is 7.35. The minimum absolute atomic E-state index is 0.258. The molecule has 0 aliphatic rings. The molecule has 3 rings (SSSR count). The largest absolute Gasteiger partial charge is 0.368 e. The highest BCUT2D eigenvalue weighted by atomic mass is 79.9. The molecule has 0 atom stereocenters. The Morgan fingerprint density at radius 3 is 2.90 bits per heavy atom. The molecule has 0 aliphatic heterocycles. The normalized spacial score (nSPS) is 10.4. The second-order valence-electron chi connectivity index (χ2n) is 3.91. The molecule has 3 aromatic heterocycles. The van der Waals surface area contributed by atoms with Crippen LogP contribution in [0.5, 0.6) is 0 Å². The number of aromatic nitrogens is 5. The van der Waals surface area contributed by atoms with Crippen LogP contribution >= 0.6 is 15.9 Å². The first kappa shape index (κ1) is 12.5. The maximum Gasteiger partial charge on any atom is 0.248 e. The van der Waals surface area contributed by atoms with Gasteiger partial charge in [0.05, 0.1) is 11.9 Å². The third-order valence-electron chi connectivity index (χ3n) is 2.46. The van der Waals surface area contributed by atoms with Crippen LogP contribution in [0, 0.1) is 0 Å². The third-order valence-corrected chi connectivity index (χ3v) is 2.89. The van der Waals surface area contributed by atoms with Gasteiger partial charge in [-0.1, -0.05) is 6.07 Å². The van der Waals surface area contributed by atoms with E-state index in [9.17, 15) is 0 Å². The molecule has 0 unspecified atom stereocenters. The lowest BCUT2D eigenvalue weighted by atomic mass is 10.4. The molecule has 100 valence electrons. The van der Waals surface area contributed by atoms with Crippen LogP contribution in [0.2, 0.25) is 0 Å². The number of rotatable bonds is 3. The fourth-order valence-electron chi connectivity index (χ4n) is 1.63. The lowest BCUT2D eigenvalue weighted by molar-refractivity contribution is 0.859. The molecule has 20 heavy (non-hydrogen) atoms. The first-order valence-electron chi connectivity index (χ1n) is 5.74. The summed E-state index contributed by atoms with van der Waals surface area (Å²) in [6.07, 6.45) is 5.03. The average Bonchev–Trinajstić information content (AvgIpc) is 2.80. The van der Waals surface area contributed by atoms with Crippen LogP contribution in [0.3, 0.4) is 0 Å². The summed E-state index contributed by atoms with van der Waals surface area (Å²) in [6.45, 7) is 0. The van der Waals surface area contributed by atoms with Crippen molar-refractivity contribution in [2.45, 2.75) is 0 Å². The standard InChI is InChI=1S/C12H10BrN7/c13-8-5-9(7-15-6-8)17-12-18-11(14)20(19-12)10-3-1-2-4-16-10/h1-7H,(H3,14,17,18,19). The van der Waals surface area contributed by atoms with Crippen LogP contribution < -0.4 is 11.1 Å². The molecule has 0 bridgehead atoms. The minimum Gasteiger partial charge on any atom is -0.368 e. The van der Waals surface area contributed by atoms with Crippen molar-refractivity contribution in [1.29, 1.82) is 0 Å². The van der Waals surface area contributed by atoms with Crippen molar-refractivity contribution >= 4 is 33.5 Å². The van der Waals surface area contributed by atoms with Crippen molar-refractivity contribution in [3.05, 3.63) is 47.3 Å². The quantitative estimate of drug-likeness (QED) is 0.763. The molecule has 3 N–H and O–H groups in total. The van der Waals surface area contributed by atoms with E-state index in [2.05, 4.69) is 41.3 Å². The van der Waals surface area contributed by atoms with Crippen LogP contribution in [0.25, 0.3) is 5.82 Å². The van der Waals surface area contributed by atoms with E-state index in [0.29, 0.717) is 11.8 Å². The summed E-state index contributed by atoms with van der Waals surface area (Å²) in [7, 11) is 0. The van der Waals surface area contributed by atoms with E-state index in [0.717, 1.165) is 10.2 Å². The Bertz CT molecular complexity index is 726. The van der Waals surface area contributed by atoms with E-state index in [1.165, 1.54) is 4.68 Å². The van der Waals surface area contributed by atoms with Gasteiger partial charge in [0.2, 0.25) is 11.9 Å². The van der Waals surface area contributed by atoms with Gasteiger partial charge in [0.25, 0.3) is 0 Å². The number of nitrogens with zero attached hydrogens (tertiary/aromatic N) is 5. The second-order valence-corrected chi connectivity index (χ2v) is 4.83. The van der Waals surface area contributed by atoms with Gasteiger partial charge in [-0.15, -0.1) is 5.10 Å². The first-order chi connectivity index (χ1) is 9.72. The fraction of sp³-hybridized carbons (Fsp3) is 0. The lowest BCUT2D eigenvalue weighted by Gasteiger charge is -2.01. The van der Waals surface area contributed by atoms with E-state index < -0.39 is 0 Å². The summed E-state index contributed by atoms with van der Waals surface area (Å²) < 4.78 is 2.33. The van der Waals surface area contributed by atoms with Gasteiger partial charge in [-0.3, -0.25) is 4.98 Å². The van der Waals surface area contributed by atoms with Gasteiger partial charge in [-0.2, -0.15) is 9.67 Å². The van der Waals surface area contributed by atoms with Crippen molar-refractivity contribution < 1.29 is 0 Å². The lowest BCUT2D eigenvalue weighted by Crippen LogP contribution is -2.04. The maximum atomic E-state index is 5.84. The van der Waals surface area contributed by atoms with Crippen LogP contribution in [0.1, 0.15) is 0 Å². The molecular weight excluding hydrogens is 322 g/mol. The number of hydrogen-bond donors (Lipinski definition) is 2. The van der Waals surface area contributed by atoms with E-state index in [4.69, 9.17) is 5.73 Å². The smallest absolute Gasteiger partial charge is 0.248 e. The zero-order valence-corrected chi connectivity index (χ0v) is 11.8. The highest BCUT2D eigenvalue weighted by Crippen LogP contribution is 2.18. The molecule has 0 spiro atoms. The van der Waals surface area contributed by atoms with Crippen LogP contribution in [0.4, 0.5) is 17.6 Å². The van der Waals surface area contributed by atoms with Gasteiger partial charge >= 0.3 is 0 Å². The number of nitrogen functional groups attached to an aromatic ring is 1. The van der Waals surface area contributed by atoms with Crippen LogP contribution in [-0.4, -0.2) is 24.7 Å². The summed E-state index contributed by atoms with van der Waals surface area (Å²) in [5.74, 6) is 1.25. The third kappa shape index (κ3) is 2.59. The molecular formula is C12H10BrN7. The number of halogens is 1. The van der Waals surface area contributed by atoms with Gasteiger partial charge in [0.1, 0.15) is 0 Å². The number of anilines is 3. The molecule has 0 saturated heterocycles. The van der Waals surface area contributed by atoms with Crippen molar-refractivity contribution in [1.82, 2.24) is 24.7 Å². The molecule has 0 saturated carbocycles. The summed E-state index contributed by atoms with van der Waals surface area (Å²) in [4.78, 5) is 12.4. The Labute approximate surface area is 123 Å².